The number of carbonyl (C=O) groups excluding carboxylic acids is 1. The van der Waals surface area contributed by atoms with E-state index < -0.39 is 0 Å². The number of carbonyl (C=O) groups is 1. The van der Waals surface area contributed by atoms with E-state index in [0.29, 0.717) is 5.56 Å². The number of aromatic nitrogens is 2. The predicted octanol–water partition coefficient (Wildman–Crippen LogP) is 3.42. The molecule has 0 aliphatic heterocycles. The Morgan fingerprint density at radius 3 is 2.94 bits per heavy atom. The van der Waals surface area contributed by atoms with Crippen molar-refractivity contribution in [3.05, 3.63) is 46.4 Å². The van der Waals surface area contributed by atoms with Crippen molar-refractivity contribution in [3.63, 3.8) is 0 Å². The second-order valence-corrected chi connectivity index (χ2v) is 5.00. The van der Waals surface area contributed by atoms with E-state index in [0.717, 1.165) is 4.88 Å². The summed E-state index contributed by atoms with van der Waals surface area (Å²) >= 11 is 1.61. The lowest BCUT2D eigenvalue weighted by Crippen LogP contribution is -2.00. The zero-order valence-corrected chi connectivity index (χ0v) is 10.6. The Balaban J connectivity index is 2.09. The van der Waals surface area contributed by atoms with Crippen LogP contribution in [0.15, 0.2) is 36.0 Å². The summed E-state index contributed by atoms with van der Waals surface area (Å²) < 4.78 is 1.78. The number of ketones is 1. The van der Waals surface area contributed by atoms with Gasteiger partial charge in [-0.05, 0) is 37.4 Å². The number of hydrogen-bond acceptors (Lipinski definition) is 3. The second-order valence-electron chi connectivity index (χ2n) is 4.02. The van der Waals surface area contributed by atoms with Gasteiger partial charge in [0, 0.05) is 17.1 Å². The molecule has 2 aromatic rings. The number of thiophene rings is 1. The van der Waals surface area contributed by atoms with Crippen LogP contribution in [-0.4, -0.2) is 15.6 Å². The molecule has 0 saturated heterocycles. The molecule has 0 unspecified atom stereocenters. The number of rotatable bonds is 4. The lowest BCUT2D eigenvalue weighted by Gasteiger charge is -2.02. The second kappa shape index (κ2) is 5.10. The molecule has 0 bridgehead atoms. The molecule has 0 aromatic carbocycles. The molecule has 0 radical (unpaired) electrons. The third kappa shape index (κ3) is 2.91. The van der Waals surface area contributed by atoms with E-state index in [2.05, 4.69) is 5.10 Å². The van der Waals surface area contributed by atoms with Gasteiger partial charge in [0.05, 0.1) is 11.8 Å². The van der Waals surface area contributed by atoms with Gasteiger partial charge in [-0.25, -0.2) is 0 Å². The summed E-state index contributed by atoms with van der Waals surface area (Å²) in [5, 5.41) is 6.13. The normalized spacial score (nSPS) is 11.5. The number of allylic oxidation sites excluding steroid dienone is 1. The average Bonchev–Trinajstić information content (AvgIpc) is 2.96. The van der Waals surface area contributed by atoms with Crippen molar-refractivity contribution in [2.24, 2.45) is 0 Å². The molecule has 0 saturated carbocycles. The molecule has 2 heterocycles. The molecule has 2 aromatic heterocycles. The molecule has 0 spiro atoms. The van der Waals surface area contributed by atoms with E-state index >= 15 is 0 Å². The highest BCUT2D eigenvalue weighted by atomic mass is 32.1. The van der Waals surface area contributed by atoms with Gasteiger partial charge < -0.3 is 0 Å². The van der Waals surface area contributed by atoms with Crippen LogP contribution < -0.4 is 0 Å². The van der Waals surface area contributed by atoms with Gasteiger partial charge in [-0.15, -0.1) is 11.3 Å². The maximum Gasteiger partial charge on any atom is 0.189 e. The van der Waals surface area contributed by atoms with Crippen LogP contribution in [0.1, 0.15) is 35.1 Å². The van der Waals surface area contributed by atoms with Gasteiger partial charge >= 0.3 is 0 Å². The third-order valence-electron chi connectivity index (χ3n) is 2.36. The van der Waals surface area contributed by atoms with Gasteiger partial charge in [0.15, 0.2) is 5.78 Å². The lowest BCUT2D eigenvalue weighted by molar-refractivity contribution is 0.104. The first-order valence-corrected chi connectivity index (χ1v) is 6.35. The SMILES string of the molecule is CC(C)n1cc(C(=O)/C=C/c2cccs2)cn1. The minimum absolute atomic E-state index is 0.00898. The highest BCUT2D eigenvalue weighted by molar-refractivity contribution is 7.10. The molecule has 2 rings (SSSR count). The Labute approximate surface area is 104 Å². The highest BCUT2D eigenvalue weighted by Crippen LogP contribution is 2.12. The first-order valence-electron chi connectivity index (χ1n) is 5.47. The molecule has 0 N–H and O–H groups in total. The third-order valence-corrected chi connectivity index (χ3v) is 3.19. The largest absolute Gasteiger partial charge is 0.289 e. The molecule has 4 heteroatoms. The van der Waals surface area contributed by atoms with Crippen molar-refractivity contribution in [3.8, 4) is 0 Å². The Bertz CT molecular complexity index is 523. The van der Waals surface area contributed by atoms with Gasteiger partial charge in [0.1, 0.15) is 0 Å². The molecule has 88 valence electrons. The number of hydrogen-bond donors (Lipinski definition) is 0. The zero-order chi connectivity index (χ0) is 12.3. The molecule has 3 nitrogen and oxygen atoms in total. The maximum absolute atomic E-state index is 11.8. The van der Waals surface area contributed by atoms with Crippen LogP contribution in [0.5, 0.6) is 0 Å². The monoisotopic (exact) mass is 246 g/mol. The number of nitrogens with zero attached hydrogens (tertiary/aromatic N) is 2. The van der Waals surface area contributed by atoms with E-state index in [1.54, 1.807) is 34.5 Å². The Hall–Kier alpha value is -1.68. The zero-order valence-electron chi connectivity index (χ0n) is 9.83. The maximum atomic E-state index is 11.8. The van der Waals surface area contributed by atoms with Gasteiger partial charge in [-0.2, -0.15) is 5.10 Å². The summed E-state index contributed by atoms with van der Waals surface area (Å²) in [4.78, 5) is 12.9. The lowest BCUT2D eigenvalue weighted by atomic mass is 10.2. The fraction of sp³-hybridized carbons (Fsp3) is 0.231. The Kier molecular flexibility index (Phi) is 3.54. The van der Waals surface area contributed by atoms with E-state index in [9.17, 15) is 4.79 Å². The molecule has 0 aliphatic rings. The van der Waals surface area contributed by atoms with Crippen LogP contribution in [0, 0.1) is 0 Å². The average molecular weight is 246 g/mol. The fourth-order valence-electron chi connectivity index (χ4n) is 1.39. The molecule has 0 aliphatic carbocycles. The minimum atomic E-state index is -0.00898. The fourth-order valence-corrected chi connectivity index (χ4v) is 2.01. The van der Waals surface area contributed by atoms with Gasteiger partial charge in [0.25, 0.3) is 0 Å². The Morgan fingerprint density at radius 1 is 1.53 bits per heavy atom. The molecule has 0 atom stereocenters. The summed E-state index contributed by atoms with van der Waals surface area (Å²) in [6, 6.07) is 4.22. The molecule has 0 amide bonds. The van der Waals surface area contributed by atoms with Crippen LogP contribution in [0.2, 0.25) is 0 Å². The summed E-state index contributed by atoms with van der Waals surface area (Å²) in [6.45, 7) is 4.06. The van der Waals surface area contributed by atoms with Crippen molar-refractivity contribution in [2.45, 2.75) is 19.9 Å². The van der Waals surface area contributed by atoms with Crippen LogP contribution in [-0.2, 0) is 0 Å². The van der Waals surface area contributed by atoms with Gasteiger partial charge in [-0.1, -0.05) is 6.07 Å². The van der Waals surface area contributed by atoms with Crippen molar-refractivity contribution < 1.29 is 4.79 Å². The van der Waals surface area contributed by atoms with E-state index in [-0.39, 0.29) is 11.8 Å². The van der Waals surface area contributed by atoms with E-state index in [4.69, 9.17) is 0 Å². The first-order chi connectivity index (χ1) is 8.16. The van der Waals surface area contributed by atoms with Crippen LogP contribution >= 0.6 is 11.3 Å². The van der Waals surface area contributed by atoms with Crippen molar-refractivity contribution in [1.82, 2.24) is 9.78 Å². The van der Waals surface area contributed by atoms with Crippen LogP contribution in [0.4, 0.5) is 0 Å². The van der Waals surface area contributed by atoms with Gasteiger partial charge in [-0.3, -0.25) is 9.48 Å². The topological polar surface area (TPSA) is 34.9 Å². The molecular weight excluding hydrogens is 232 g/mol. The standard InChI is InChI=1S/C13H14N2OS/c1-10(2)15-9-11(8-14-15)13(16)6-5-12-4-3-7-17-12/h3-10H,1-2H3/b6-5+. The summed E-state index contributed by atoms with van der Waals surface area (Å²) in [5.74, 6) is -0.00898. The smallest absolute Gasteiger partial charge is 0.189 e. The first kappa shape index (κ1) is 11.8. The summed E-state index contributed by atoms with van der Waals surface area (Å²) in [7, 11) is 0. The van der Waals surface area contributed by atoms with Crippen LogP contribution in [0.25, 0.3) is 6.08 Å². The minimum Gasteiger partial charge on any atom is -0.289 e. The summed E-state index contributed by atoms with van der Waals surface area (Å²) in [5.41, 5.74) is 0.631. The van der Waals surface area contributed by atoms with Gasteiger partial charge in [0.2, 0.25) is 0 Å². The van der Waals surface area contributed by atoms with Crippen molar-refractivity contribution >= 4 is 23.2 Å². The van der Waals surface area contributed by atoms with Crippen LogP contribution in [0.3, 0.4) is 0 Å². The van der Waals surface area contributed by atoms with E-state index in [1.165, 1.54) is 0 Å². The molecule has 17 heavy (non-hydrogen) atoms. The van der Waals surface area contributed by atoms with E-state index in [1.807, 2.05) is 37.4 Å². The quantitative estimate of drug-likeness (QED) is 0.612. The molecule has 0 fully saturated rings. The van der Waals surface area contributed by atoms with Crippen molar-refractivity contribution in [2.75, 3.05) is 0 Å². The predicted molar refractivity (Wildman–Crippen MR) is 70.3 cm³/mol. The highest BCUT2D eigenvalue weighted by Gasteiger charge is 2.06. The summed E-state index contributed by atoms with van der Waals surface area (Å²) in [6.07, 6.45) is 6.82. The Morgan fingerprint density at radius 2 is 2.35 bits per heavy atom. The van der Waals surface area contributed by atoms with Crippen molar-refractivity contribution in [1.29, 1.82) is 0 Å². The molecular formula is C13H14N2OS.